The fourth-order valence-corrected chi connectivity index (χ4v) is 3.90. The van der Waals surface area contributed by atoms with Crippen LogP contribution in [-0.2, 0) is 6.37 Å². The Labute approximate surface area is 180 Å². The van der Waals surface area contributed by atoms with Crippen molar-refractivity contribution in [2.75, 3.05) is 0 Å². The summed E-state index contributed by atoms with van der Waals surface area (Å²) in [6.07, 6.45) is 0.223. The molecule has 5 rings (SSSR count). The van der Waals surface area contributed by atoms with Crippen LogP contribution in [0.1, 0.15) is 29.1 Å². The first kappa shape index (κ1) is 16.4. The van der Waals surface area contributed by atoms with Crippen LogP contribution in [-0.4, -0.2) is 4.98 Å². The SMILES string of the molecule is [2H]C([2H])(c1ccnc(-c2ccc3oc4c(-c5ccccc5)cccc4c3c2)c1)C(C)(C)C. The highest BCUT2D eigenvalue weighted by atomic mass is 16.3. The predicted molar refractivity (Wildman–Crippen MR) is 126 cm³/mol. The first-order valence-corrected chi connectivity index (χ1v) is 10.2. The highest BCUT2D eigenvalue weighted by Gasteiger charge is 2.15. The minimum absolute atomic E-state index is 0.524. The summed E-state index contributed by atoms with van der Waals surface area (Å²) in [6.45, 7) is 5.75. The number of pyridine rings is 1. The van der Waals surface area contributed by atoms with Gasteiger partial charge in [-0.05, 0) is 53.2 Å². The summed E-state index contributed by atoms with van der Waals surface area (Å²) in [7, 11) is 0. The molecule has 0 aliphatic carbocycles. The van der Waals surface area contributed by atoms with Gasteiger partial charge in [0.2, 0.25) is 0 Å². The molecule has 0 spiro atoms. The van der Waals surface area contributed by atoms with Crippen molar-refractivity contribution in [1.82, 2.24) is 4.98 Å². The van der Waals surface area contributed by atoms with Gasteiger partial charge in [-0.15, -0.1) is 0 Å². The van der Waals surface area contributed by atoms with Gasteiger partial charge >= 0.3 is 0 Å². The van der Waals surface area contributed by atoms with Crippen molar-refractivity contribution in [2.45, 2.75) is 27.1 Å². The molecule has 30 heavy (non-hydrogen) atoms. The smallest absolute Gasteiger partial charge is 0.143 e. The van der Waals surface area contributed by atoms with Crippen LogP contribution >= 0.6 is 0 Å². The molecule has 2 aromatic heterocycles. The van der Waals surface area contributed by atoms with Crippen LogP contribution in [0.25, 0.3) is 44.3 Å². The van der Waals surface area contributed by atoms with Crippen LogP contribution in [0.4, 0.5) is 0 Å². The molecule has 0 aliphatic heterocycles. The molecule has 0 saturated carbocycles. The van der Waals surface area contributed by atoms with Gasteiger partial charge in [0.15, 0.2) is 0 Å². The quantitative estimate of drug-likeness (QED) is 0.311. The molecule has 0 saturated heterocycles. The number of aromatic nitrogens is 1. The molecular weight excluding hydrogens is 366 g/mol. The molecular formula is C28H25NO. The van der Waals surface area contributed by atoms with Crippen molar-refractivity contribution >= 4 is 21.9 Å². The first-order valence-electron chi connectivity index (χ1n) is 11.2. The lowest BCUT2D eigenvalue weighted by Gasteiger charge is -2.18. The van der Waals surface area contributed by atoms with E-state index in [1.54, 1.807) is 12.3 Å². The number of rotatable bonds is 3. The molecule has 0 fully saturated rings. The van der Waals surface area contributed by atoms with Crippen LogP contribution in [0, 0.1) is 5.41 Å². The average Bonchev–Trinajstić information content (AvgIpc) is 3.17. The molecule has 0 N–H and O–H groups in total. The van der Waals surface area contributed by atoms with Crippen LogP contribution in [0.5, 0.6) is 0 Å². The maximum absolute atomic E-state index is 8.62. The minimum Gasteiger partial charge on any atom is -0.455 e. The van der Waals surface area contributed by atoms with Gasteiger partial charge in [-0.25, -0.2) is 0 Å². The summed E-state index contributed by atoms with van der Waals surface area (Å²) in [6, 6.07) is 26.2. The highest BCUT2D eigenvalue weighted by Crippen LogP contribution is 2.37. The summed E-state index contributed by atoms with van der Waals surface area (Å²) in [4.78, 5) is 4.54. The Balaban J connectivity index is 1.65. The van der Waals surface area contributed by atoms with Gasteiger partial charge in [0, 0.05) is 30.8 Å². The molecule has 0 atom stereocenters. The van der Waals surface area contributed by atoms with Gasteiger partial charge in [0.05, 0.1) is 5.69 Å². The fraction of sp³-hybridized carbons (Fsp3) is 0.179. The van der Waals surface area contributed by atoms with E-state index in [9.17, 15) is 0 Å². The van der Waals surface area contributed by atoms with E-state index in [0.717, 1.165) is 44.3 Å². The molecule has 2 nitrogen and oxygen atoms in total. The van der Waals surface area contributed by atoms with E-state index in [4.69, 9.17) is 7.16 Å². The van der Waals surface area contributed by atoms with Crippen molar-refractivity contribution in [2.24, 2.45) is 5.41 Å². The number of para-hydroxylation sites is 1. The third-order valence-electron chi connectivity index (χ3n) is 5.16. The Bertz CT molecular complexity index is 1430. The lowest BCUT2D eigenvalue weighted by molar-refractivity contribution is 0.411. The maximum Gasteiger partial charge on any atom is 0.143 e. The zero-order valence-electron chi connectivity index (χ0n) is 19.4. The molecule has 148 valence electrons. The maximum atomic E-state index is 8.62. The number of benzene rings is 3. The molecule has 0 radical (unpaired) electrons. The minimum atomic E-state index is -1.47. The van der Waals surface area contributed by atoms with Crippen LogP contribution in [0.3, 0.4) is 0 Å². The molecule has 0 bridgehead atoms. The Morgan fingerprint density at radius 1 is 0.833 bits per heavy atom. The van der Waals surface area contributed by atoms with Gasteiger partial charge in [-0.2, -0.15) is 0 Å². The fourth-order valence-electron chi connectivity index (χ4n) is 3.90. The number of fused-ring (bicyclic) bond motifs is 3. The summed E-state index contributed by atoms with van der Waals surface area (Å²) >= 11 is 0. The Morgan fingerprint density at radius 3 is 2.47 bits per heavy atom. The van der Waals surface area contributed by atoms with E-state index in [1.165, 1.54) is 0 Å². The van der Waals surface area contributed by atoms with E-state index in [2.05, 4.69) is 41.4 Å². The Hall–Kier alpha value is -3.39. The van der Waals surface area contributed by atoms with Gasteiger partial charge in [-0.1, -0.05) is 69.3 Å². The second kappa shape index (κ2) is 7.14. The van der Waals surface area contributed by atoms with Crippen LogP contribution in [0.2, 0.25) is 0 Å². The highest BCUT2D eigenvalue weighted by molar-refractivity contribution is 6.10. The molecule has 2 heteroatoms. The molecule has 0 amide bonds. The zero-order valence-corrected chi connectivity index (χ0v) is 17.4. The standard InChI is InChI=1S/C28H25NO/c1-28(2,3)18-19-14-15-29-25(16-19)21-12-13-26-24(17-21)23-11-7-10-22(27(23)30-26)20-8-5-4-6-9-20/h4-17H,18H2,1-3H3/i18D2. The normalized spacial score (nSPS) is 13.4. The monoisotopic (exact) mass is 393 g/mol. The summed E-state index contributed by atoms with van der Waals surface area (Å²) in [5.41, 5.74) is 5.70. The summed E-state index contributed by atoms with van der Waals surface area (Å²) < 4.78 is 23.5. The van der Waals surface area contributed by atoms with Gasteiger partial charge in [-0.3, -0.25) is 4.98 Å². The molecule has 0 aliphatic rings. The second-order valence-corrected chi connectivity index (χ2v) is 8.67. The Morgan fingerprint density at radius 2 is 1.67 bits per heavy atom. The molecule has 5 aromatic rings. The molecule has 3 aromatic carbocycles. The first-order chi connectivity index (χ1) is 15.3. The number of hydrogen-bond acceptors (Lipinski definition) is 2. The third-order valence-corrected chi connectivity index (χ3v) is 5.16. The van der Waals surface area contributed by atoms with E-state index in [1.807, 2.05) is 57.2 Å². The Kier molecular flexibility index (Phi) is 3.91. The van der Waals surface area contributed by atoms with Crippen LogP contribution < -0.4 is 0 Å². The van der Waals surface area contributed by atoms with E-state index >= 15 is 0 Å². The number of nitrogens with zero attached hydrogens (tertiary/aromatic N) is 1. The predicted octanol–water partition coefficient (Wildman–Crippen LogP) is 7.90. The summed E-state index contributed by atoms with van der Waals surface area (Å²) in [5.74, 6) is 0. The van der Waals surface area contributed by atoms with Crippen molar-refractivity contribution in [3.05, 3.63) is 90.6 Å². The van der Waals surface area contributed by atoms with Gasteiger partial charge in [0.25, 0.3) is 0 Å². The zero-order chi connectivity index (χ0) is 22.5. The van der Waals surface area contributed by atoms with Crippen molar-refractivity contribution in [1.29, 1.82) is 0 Å². The van der Waals surface area contributed by atoms with Crippen molar-refractivity contribution < 1.29 is 7.16 Å². The molecule has 2 heterocycles. The lowest BCUT2D eigenvalue weighted by Crippen LogP contribution is -2.09. The summed E-state index contributed by atoms with van der Waals surface area (Å²) in [5, 5.41) is 2.09. The van der Waals surface area contributed by atoms with Crippen LogP contribution in [0.15, 0.2) is 89.5 Å². The number of furan rings is 1. The van der Waals surface area contributed by atoms with Crippen molar-refractivity contribution in [3.63, 3.8) is 0 Å². The molecule has 0 unspecified atom stereocenters. The van der Waals surface area contributed by atoms with E-state index in [-0.39, 0.29) is 0 Å². The van der Waals surface area contributed by atoms with E-state index in [0.29, 0.717) is 5.56 Å². The van der Waals surface area contributed by atoms with Gasteiger partial charge in [0.1, 0.15) is 11.2 Å². The van der Waals surface area contributed by atoms with E-state index < -0.39 is 11.8 Å². The van der Waals surface area contributed by atoms with Crippen molar-refractivity contribution in [3.8, 4) is 22.4 Å². The number of hydrogen-bond donors (Lipinski definition) is 0. The van der Waals surface area contributed by atoms with Gasteiger partial charge < -0.3 is 4.42 Å². The average molecular weight is 394 g/mol. The second-order valence-electron chi connectivity index (χ2n) is 8.67. The largest absolute Gasteiger partial charge is 0.455 e. The third kappa shape index (κ3) is 3.50. The lowest BCUT2D eigenvalue weighted by atomic mass is 9.88. The topological polar surface area (TPSA) is 26.0 Å².